The van der Waals surface area contributed by atoms with Crippen LogP contribution in [0.2, 0.25) is 0 Å². The van der Waals surface area contributed by atoms with Crippen molar-refractivity contribution >= 4 is 39.2 Å². The summed E-state index contributed by atoms with van der Waals surface area (Å²) in [4.78, 5) is 0. The van der Waals surface area contributed by atoms with Gasteiger partial charge in [-0.15, -0.1) is 0 Å². The van der Waals surface area contributed by atoms with Gasteiger partial charge >= 0.3 is 0 Å². The van der Waals surface area contributed by atoms with Crippen molar-refractivity contribution < 1.29 is 0 Å². The van der Waals surface area contributed by atoms with Gasteiger partial charge in [0.1, 0.15) is 0 Å². The third-order valence-corrected chi connectivity index (χ3v) is 5.52. The van der Waals surface area contributed by atoms with E-state index >= 15 is 0 Å². The van der Waals surface area contributed by atoms with Crippen LogP contribution in [-0.4, -0.2) is 21.9 Å². The lowest BCUT2D eigenvalue weighted by atomic mass is 9.77. The quantitative estimate of drug-likeness (QED) is 0.400. The zero-order valence-corrected chi connectivity index (χ0v) is 17.0. The molecule has 0 spiro atoms. The number of rotatable bonds is 8. The summed E-state index contributed by atoms with van der Waals surface area (Å²) in [7, 11) is 0. The van der Waals surface area contributed by atoms with Crippen molar-refractivity contribution in [1.29, 1.82) is 0 Å². The smallest absolute Gasteiger partial charge is 0.187 e. The summed E-state index contributed by atoms with van der Waals surface area (Å²) in [5, 5.41) is 2.77. The molecule has 0 atom stereocenters. The van der Waals surface area contributed by atoms with E-state index in [1.807, 2.05) is 0 Å². The van der Waals surface area contributed by atoms with Gasteiger partial charge in [-0.1, -0.05) is 83.9 Å². The number of nitrogens with zero attached hydrogens (tertiary/aromatic N) is 1. The number of hydrogen-bond donors (Lipinski definition) is 0. The van der Waals surface area contributed by atoms with Crippen LogP contribution in [0.5, 0.6) is 0 Å². The minimum atomic E-state index is 0. The Hall–Kier alpha value is -1.23. The molecule has 145 valence electrons. The van der Waals surface area contributed by atoms with Crippen LogP contribution in [0, 0.1) is 18.8 Å². The van der Waals surface area contributed by atoms with Gasteiger partial charge in [-0.05, 0) is 43.2 Å². The highest BCUT2D eigenvalue weighted by Crippen LogP contribution is 2.43. The first-order valence-corrected chi connectivity index (χ1v) is 10.3. The molecule has 2 heteroatoms. The fourth-order valence-corrected chi connectivity index (χ4v) is 4.99. The Balaban J connectivity index is 0.00000261. The van der Waals surface area contributed by atoms with Crippen molar-refractivity contribution in [2.75, 3.05) is 0 Å². The average Bonchev–Trinajstić information content (AvgIpc) is 2.94. The molecule has 0 aliphatic heterocycles. The van der Waals surface area contributed by atoms with Crippen LogP contribution in [0.4, 0.5) is 0 Å². The third kappa shape index (κ3) is 4.44. The lowest BCUT2D eigenvalue weighted by molar-refractivity contribution is 0.178. The van der Waals surface area contributed by atoms with Crippen LogP contribution < -0.4 is 0 Å². The first-order valence-electron chi connectivity index (χ1n) is 10.3. The number of benzene rings is 2. The number of hydrogen-bond acceptors (Lipinski definition) is 0. The van der Waals surface area contributed by atoms with E-state index in [9.17, 15) is 0 Å². The van der Waals surface area contributed by atoms with Crippen molar-refractivity contribution in [3.63, 3.8) is 0 Å². The molecule has 1 nitrogen and oxygen atoms in total. The molecule has 0 fully saturated rings. The summed E-state index contributed by atoms with van der Waals surface area (Å²) < 4.78 is 2.70. The molecular weight excluding hydrogens is 341 g/mol. The largest absolute Gasteiger partial charge is 0.334 e. The lowest BCUT2D eigenvalue weighted by Crippen LogP contribution is -2.36. The van der Waals surface area contributed by atoms with Gasteiger partial charge in [-0.25, -0.2) is 0 Å². The number of aromatic nitrogens is 1. The molecule has 0 unspecified atom stereocenters. The summed E-state index contributed by atoms with van der Waals surface area (Å²) in [6.45, 7) is 13.6. The second-order valence-corrected chi connectivity index (χ2v) is 8.75. The van der Waals surface area contributed by atoms with Crippen molar-refractivity contribution in [1.82, 2.24) is 4.57 Å². The van der Waals surface area contributed by atoms with Gasteiger partial charge < -0.3 is 4.57 Å². The molecule has 0 saturated heterocycles. The molecule has 0 bridgehead atoms. The molecule has 27 heavy (non-hydrogen) atoms. The van der Waals surface area contributed by atoms with E-state index in [2.05, 4.69) is 87.7 Å². The van der Waals surface area contributed by atoms with E-state index < -0.39 is 0 Å². The Kier molecular flexibility index (Phi) is 7.61. The summed E-state index contributed by atoms with van der Waals surface area (Å²) in [5.41, 5.74) is 2.93. The van der Waals surface area contributed by atoms with Gasteiger partial charge in [0, 0.05) is 27.3 Å². The molecule has 1 aromatic heterocycles. The van der Waals surface area contributed by atoms with Crippen LogP contribution in [0.15, 0.2) is 48.5 Å². The van der Waals surface area contributed by atoms with Crippen LogP contribution in [0.25, 0.3) is 21.8 Å². The molecule has 3 aromatic rings. The molecule has 1 radical (unpaired) electrons. The monoisotopic (exact) mass is 378 g/mol. The van der Waals surface area contributed by atoms with Crippen molar-refractivity contribution in [3.8, 4) is 0 Å². The standard InChI is InChI=1S/C25H34N.Al.3H/c1-6-7-16-25(17-19(2)3,18-20(4)5)26-23-14-10-8-12-21(23)22-13-9-11-15-24(22)26;;;;/h8-15,19-20H,1,6-7,16-18H2,2-5H3;;;;. The van der Waals surface area contributed by atoms with E-state index in [0.717, 1.165) is 6.42 Å². The first kappa shape index (κ1) is 22.1. The van der Waals surface area contributed by atoms with Crippen LogP contribution in [-0.2, 0) is 5.54 Å². The summed E-state index contributed by atoms with van der Waals surface area (Å²) in [6.07, 6.45) is 5.83. The van der Waals surface area contributed by atoms with Crippen molar-refractivity contribution in [3.05, 3.63) is 55.5 Å². The van der Waals surface area contributed by atoms with Crippen LogP contribution in [0.1, 0.15) is 59.8 Å². The van der Waals surface area contributed by atoms with Gasteiger partial charge in [0.2, 0.25) is 0 Å². The van der Waals surface area contributed by atoms with Crippen LogP contribution in [0.3, 0.4) is 0 Å². The fraction of sp³-hybridized carbons (Fsp3) is 0.480. The zero-order chi connectivity index (χ0) is 18.7. The Morgan fingerprint density at radius 3 is 1.67 bits per heavy atom. The highest BCUT2D eigenvalue weighted by atomic mass is 27.0. The highest BCUT2D eigenvalue weighted by Gasteiger charge is 2.35. The lowest BCUT2D eigenvalue weighted by Gasteiger charge is -2.40. The normalized spacial score (nSPS) is 12.3. The molecule has 0 N–H and O–H groups in total. The highest BCUT2D eigenvalue weighted by molar-refractivity contribution is 6.08. The van der Waals surface area contributed by atoms with Gasteiger partial charge in [0.25, 0.3) is 0 Å². The minimum absolute atomic E-state index is 0. The van der Waals surface area contributed by atoms with E-state index in [0.29, 0.717) is 11.8 Å². The zero-order valence-electron chi connectivity index (χ0n) is 17.0. The summed E-state index contributed by atoms with van der Waals surface area (Å²) in [6, 6.07) is 17.9. The first-order chi connectivity index (χ1) is 12.5. The second kappa shape index (κ2) is 9.31. The summed E-state index contributed by atoms with van der Waals surface area (Å²) in [5.74, 6) is 1.33. The van der Waals surface area contributed by atoms with E-state index in [1.54, 1.807) is 0 Å². The second-order valence-electron chi connectivity index (χ2n) is 8.75. The van der Waals surface area contributed by atoms with Crippen molar-refractivity contribution in [2.24, 2.45) is 11.8 Å². The maximum Gasteiger partial charge on any atom is 0.187 e. The predicted molar refractivity (Wildman–Crippen MR) is 125 cm³/mol. The molecule has 3 rings (SSSR count). The van der Waals surface area contributed by atoms with Gasteiger partial charge in [-0.2, -0.15) is 0 Å². The maximum atomic E-state index is 4.14. The van der Waals surface area contributed by atoms with Gasteiger partial charge in [0.05, 0.1) is 0 Å². The molecule has 0 aliphatic carbocycles. The minimum Gasteiger partial charge on any atom is -0.334 e. The number of fused-ring (bicyclic) bond motifs is 3. The average molecular weight is 379 g/mol. The maximum absolute atomic E-state index is 4.14. The molecule has 0 aliphatic rings. The molecule has 0 amide bonds. The molecule has 2 aromatic carbocycles. The molecular formula is C25H37AlN. The Morgan fingerprint density at radius 2 is 1.26 bits per heavy atom. The number of unbranched alkanes of at least 4 members (excludes halogenated alkanes) is 1. The molecule has 0 saturated carbocycles. The Morgan fingerprint density at radius 1 is 0.815 bits per heavy atom. The van der Waals surface area contributed by atoms with Gasteiger partial charge in [0.15, 0.2) is 17.4 Å². The van der Waals surface area contributed by atoms with E-state index in [4.69, 9.17) is 0 Å². The van der Waals surface area contributed by atoms with Crippen molar-refractivity contribution in [2.45, 2.75) is 65.3 Å². The Labute approximate surface area is 176 Å². The topological polar surface area (TPSA) is 4.93 Å². The van der Waals surface area contributed by atoms with E-state index in [-0.39, 0.29) is 22.9 Å². The van der Waals surface area contributed by atoms with Crippen LogP contribution >= 0.6 is 0 Å². The molecule has 1 heterocycles. The SMILES string of the molecule is [AlH3].[CH2]CCCC(CC(C)C)(CC(C)C)n1c2ccccc2c2ccccc21. The fourth-order valence-electron chi connectivity index (χ4n) is 4.99. The van der Waals surface area contributed by atoms with Gasteiger partial charge in [-0.3, -0.25) is 0 Å². The Bertz CT molecular complexity index is 796. The summed E-state index contributed by atoms with van der Waals surface area (Å²) >= 11 is 0. The third-order valence-electron chi connectivity index (χ3n) is 5.52. The predicted octanol–water partition coefficient (Wildman–Crippen LogP) is 6.40. The van der Waals surface area contributed by atoms with E-state index in [1.165, 1.54) is 47.5 Å². The number of para-hydroxylation sites is 2.